The van der Waals surface area contributed by atoms with Gasteiger partial charge in [-0.1, -0.05) is 65.7 Å². The van der Waals surface area contributed by atoms with Gasteiger partial charge in [-0.2, -0.15) is 0 Å². The summed E-state index contributed by atoms with van der Waals surface area (Å²) in [4.78, 5) is 27.1. The van der Waals surface area contributed by atoms with Crippen LogP contribution in [0.15, 0.2) is 107 Å². The lowest BCUT2D eigenvalue weighted by Crippen LogP contribution is -2.36. The van der Waals surface area contributed by atoms with Crippen LogP contribution in [0, 0.1) is 5.92 Å². The largest absolute Gasteiger partial charge is 0.362 e. The maximum Gasteiger partial charge on any atom is 0.253 e. The number of nitrogens with one attached hydrogen (secondary N) is 3. The Hall–Kier alpha value is -3.80. The maximum atomic E-state index is 13.5. The van der Waals surface area contributed by atoms with Gasteiger partial charge in [0.05, 0.1) is 0 Å². The number of amides is 2. The molecule has 37 heavy (non-hydrogen) atoms. The molecule has 0 aliphatic carbocycles. The van der Waals surface area contributed by atoms with Crippen molar-refractivity contribution in [2.24, 2.45) is 5.92 Å². The summed E-state index contributed by atoms with van der Waals surface area (Å²) in [6.45, 7) is 3.70. The smallest absolute Gasteiger partial charge is 0.253 e. The lowest BCUT2D eigenvalue weighted by molar-refractivity contribution is -0.114. The van der Waals surface area contributed by atoms with Crippen molar-refractivity contribution in [2.75, 3.05) is 10.6 Å². The van der Waals surface area contributed by atoms with Crippen LogP contribution in [-0.4, -0.2) is 11.8 Å². The standard InChI is InChI=1S/C30H27Cl2N3O2/c1-19-27(29(36)34-24-15-11-22(31)12-16-24)26(10-6-9-21-7-4-3-5-8-21)28(20(2)33-19)30(37)35-25-17-13-23(32)14-18-25/h3-9,11-18,26,33H,10H2,1-2H3,(H,34,36)(H,35,37)/b9-6+. The summed E-state index contributed by atoms with van der Waals surface area (Å²) in [5, 5.41) is 10.3. The van der Waals surface area contributed by atoms with E-state index in [1.54, 1.807) is 48.5 Å². The Morgan fingerprint density at radius 3 is 1.68 bits per heavy atom. The molecule has 2 amide bonds. The highest BCUT2D eigenvalue weighted by Crippen LogP contribution is 2.34. The summed E-state index contributed by atoms with van der Waals surface area (Å²) < 4.78 is 0. The molecule has 3 aromatic carbocycles. The molecule has 0 aromatic heterocycles. The first-order valence-electron chi connectivity index (χ1n) is 11.9. The quantitative estimate of drug-likeness (QED) is 0.296. The third-order valence-corrected chi connectivity index (χ3v) is 6.56. The molecule has 0 unspecified atom stereocenters. The van der Waals surface area contributed by atoms with Crippen LogP contribution < -0.4 is 16.0 Å². The Labute approximate surface area is 226 Å². The van der Waals surface area contributed by atoms with Crippen molar-refractivity contribution in [1.82, 2.24) is 5.32 Å². The van der Waals surface area contributed by atoms with Crippen molar-refractivity contribution in [3.05, 3.63) is 123 Å². The monoisotopic (exact) mass is 531 g/mol. The van der Waals surface area contributed by atoms with E-state index < -0.39 is 5.92 Å². The lowest BCUT2D eigenvalue weighted by Gasteiger charge is -2.30. The van der Waals surface area contributed by atoms with E-state index in [9.17, 15) is 9.59 Å². The molecule has 7 heteroatoms. The van der Waals surface area contributed by atoms with Gasteiger partial charge >= 0.3 is 0 Å². The van der Waals surface area contributed by atoms with E-state index in [0.717, 1.165) is 5.56 Å². The minimum absolute atomic E-state index is 0.283. The van der Waals surface area contributed by atoms with Crippen LogP contribution in [0.5, 0.6) is 0 Å². The number of carbonyl (C=O) groups excluding carboxylic acids is 2. The molecule has 3 aromatic rings. The molecule has 0 atom stereocenters. The van der Waals surface area contributed by atoms with Crippen molar-refractivity contribution in [3.63, 3.8) is 0 Å². The van der Waals surface area contributed by atoms with Gasteiger partial charge in [0.2, 0.25) is 0 Å². The SMILES string of the molecule is CC1=C(C(=O)Nc2ccc(Cl)cc2)C(C/C=C/c2ccccc2)C(C(=O)Nc2ccc(Cl)cc2)=C(C)N1. The zero-order valence-corrected chi connectivity index (χ0v) is 22.0. The zero-order chi connectivity index (χ0) is 26.4. The van der Waals surface area contributed by atoms with Gasteiger partial charge in [-0.15, -0.1) is 0 Å². The van der Waals surface area contributed by atoms with Gasteiger partial charge in [0.15, 0.2) is 0 Å². The molecule has 1 aliphatic heterocycles. The highest BCUT2D eigenvalue weighted by Gasteiger charge is 2.34. The molecule has 0 bridgehead atoms. The van der Waals surface area contributed by atoms with Gasteiger partial charge < -0.3 is 16.0 Å². The predicted molar refractivity (Wildman–Crippen MR) is 152 cm³/mol. The Morgan fingerprint density at radius 2 is 1.22 bits per heavy atom. The third kappa shape index (κ3) is 6.70. The fourth-order valence-electron chi connectivity index (χ4n) is 4.34. The van der Waals surface area contributed by atoms with Crippen LogP contribution in [0.2, 0.25) is 10.0 Å². The van der Waals surface area contributed by atoms with Gasteiger partial charge in [-0.05, 0) is 74.4 Å². The van der Waals surface area contributed by atoms with Crippen LogP contribution in [0.1, 0.15) is 25.8 Å². The molecule has 0 fully saturated rings. The molecule has 1 aliphatic rings. The van der Waals surface area contributed by atoms with E-state index in [1.807, 2.05) is 56.3 Å². The van der Waals surface area contributed by atoms with Crippen LogP contribution in [0.25, 0.3) is 6.08 Å². The highest BCUT2D eigenvalue weighted by atomic mass is 35.5. The van der Waals surface area contributed by atoms with Gasteiger partial charge in [-0.3, -0.25) is 9.59 Å². The number of benzene rings is 3. The van der Waals surface area contributed by atoms with Gasteiger partial charge in [0.25, 0.3) is 11.8 Å². The Balaban J connectivity index is 1.65. The summed E-state index contributed by atoms with van der Waals surface area (Å²) in [5.41, 5.74) is 4.67. The fourth-order valence-corrected chi connectivity index (χ4v) is 4.60. The number of hydrogen-bond donors (Lipinski definition) is 3. The average molecular weight is 532 g/mol. The molecule has 0 saturated heterocycles. The normalized spacial score (nSPS) is 14.1. The number of carbonyl (C=O) groups is 2. The van der Waals surface area contributed by atoms with Crippen LogP contribution in [-0.2, 0) is 9.59 Å². The summed E-state index contributed by atoms with van der Waals surface area (Å²) in [7, 11) is 0. The van der Waals surface area contributed by atoms with E-state index in [-0.39, 0.29) is 11.8 Å². The van der Waals surface area contributed by atoms with E-state index in [1.165, 1.54) is 0 Å². The number of allylic oxidation sites excluding steroid dienone is 3. The number of rotatable bonds is 7. The molecule has 4 rings (SSSR count). The minimum Gasteiger partial charge on any atom is -0.362 e. The first kappa shape index (κ1) is 26.3. The summed E-state index contributed by atoms with van der Waals surface area (Å²) >= 11 is 12.0. The second kappa shape index (κ2) is 12.0. The van der Waals surface area contributed by atoms with E-state index in [2.05, 4.69) is 16.0 Å². The summed E-state index contributed by atoms with van der Waals surface area (Å²) in [5.74, 6) is -1.04. The highest BCUT2D eigenvalue weighted by molar-refractivity contribution is 6.31. The molecular weight excluding hydrogens is 505 g/mol. The second-order valence-electron chi connectivity index (χ2n) is 8.73. The molecule has 0 radical (unpaired) electrons. The van der Waals surface area contributed by atoms with E-state index >= 15 is 0 Å². The summed E-state index contributed by atoms with van der Waals surface area (Å²) in [6.07, 6.45) is 4.45. The number of hydrogen-bond acceptors (Lipinski definition) is 3. The van der Waals surface area contributed by atoms with Gasteiger partial charge in [0.1, 0.15) is 0 Å². The molecule has 3 N–H and O–H groups in total. The molecule has 0 spiro atoms. The number of halogens is 2. The van der Waals surface area contributed by atoms with Gasteiger partial charge in [0, 0.05) is 49.9 Å². The topological polar surface area (TPSA) is 70.2 Å². The van der Waals surface area contributed by atoms with E-state index in [4.69, 9.17) is 23.2 Å². The van der Waals surface area contributed by atoms with Crippen molar-refractivity contribution in [1.29, 1.82) is 0 Å². The fraction of sp³-hybridized carbons (Fsp3) is 0.133. The Bertz CT molecular complexity index is 1300. The van der Waals surface area contributed by atoms with Crippen molar-refractivity contribution >= 4 is 52.5 Å². The second-order valence-corrected chi connectivity index (χ2v) is 9.60. The van der Waals surface area contributed by atoms with Crippen molar-refractivity contribution in [3.8, 4) is 0 Å². The Morgan fingerprint density at radius 1 is 0.757 bits per heavy atom. The van der Waals surface area contributed by atoms with Gasteiger partial charge in [-0.25, -0.2) is 0 Å². The first-order valence-corrected chi connectivity index (χ1v) is 12.6. The zero-order valence-electron chi connectivity index (χ0n) is 20.5. The number of anilines is 2. The van der Waals surface area contributed by atoms with Crippen LogP contribution in [0.4, 0.5) is 11.4 Å². The van der Waals surface area contributed by atoms with Crippen molar-refractivity contribution in [2.45, 2.75) is 20.3 Å². The maximum absolute atomic E-state index is 13.5. The van der Waals surface area contributed by atoms with Crippen LogP contribution in [0.3, 0.4) is 0 Å². The lowest BCUT2D eigenvalue weighted by atomic mass is 9.82. The average Bonchev–Trinajstić information content (AvgIpc) is 2.87. The molecular formula is C30H27Cl2N3O2. The third-order valence-electron chi connectivity index (χ3n) is 6.06. The van der Waals surface area contributed by atoms with Crippen LogP contribution >= 0.6 is 23.2 Å². The number of dihydropyridines is 1. The van der Waals surface area contributed by atoms with E-state index in [0.29, 0.717) is 50.4 Å². The molecule has 188 valence electrons. The minimum atomic E-state index is -0.471. The Kier molecular flexibility index (Phi) is 8.49. The first-order chi connectivity index (χ1) is 17.8. The summed E-state index contributed by atoms with van der Waals surface area (Å²) in [6, 6.07) is 23.7. The molecule has 0 saturated carbocycles. The van der Waals surface area contributed by atoms with Crippen molar-refractivity contribution < 1.29 is 9.59 Å². The molecule has 5 nitrogen and oxygen atoms in total. The molecule has 1 heterocycles. The predicted octanol–water partition coefficient (Wildman–Crippen LogP) is 7.44.